The monoisotopic (exact) mass is 268 g/mol. The highest BCUT2D eigenvalue weighted by Crippen LogP contribution is 2.18. The minimum Gasteiger partial charge on any atom is -0.387 e. The fraction of sp³-hybridized carbons (Fsp3) is 0.235. The Hall–Kier alpha value is -2.29. The minimum atomic E-state index is -0.0658. The molecule has 1 atom stereocenters. The van der Waals surface area contributed by atoms with Crippen molar-refractivity contribution in [1.29, 1.82) is 0 Å². The molecule has 0 saturated carbocycles. The van der Waals surface area contributed by atoms with Crippen molar-refractivity contribution < 1.29 is 4.79 Å². The summed E-state index contributed by atoms with van der Waals surface area (Å²) in [4.78, 5) is 12.3. The standard InChI is InChI=1S/C17H20N2O/c1-12-7-6-8-14(11-12)13(2)19-17(20)15-9-4-5-10-16(15)18-3/h4-11,13,18H,1-3H3,(H,19,20)/t13-/m1/s1. The van der Waals surface area contributed by atoms with Crippen molar-refractivity contribution in [2.24, 2.45) is 0 Å². The Bertz CT molecular complexity index is 607. The lowest BCUT2D eigenvalue weighted by Crippen LogP contribution is -2.27. The van der Waals surface area contributed by atoms with E-state index in [1.807, 2.05) is 63.4 Å². The Labute approximate surface area is 120 Å². The second kappa shape index (κ2) is 6.24. The van der Waals surface area contributed by atoms with Crippen LogP contribution >= 0.6 is 0 Å². The number of benzene rings is 2. The van der Waals surface area contributed by atoms with E-state index in [1.54, 1.807) is 0 Å². The molecule has 104 valence electrons. The number of nitrogens with one attached hydrogen (secondary N) is 2. The van der Waals surface area contributed by atoms with Gasteiger partial charge in [0.05, 0.1) is 11.6 Å². The summed E-state index contributed by atoms with van der Waals surface area (Å²) in [5.74, 6) is -0.0658. The average Bonchev–Trinajstić information content (AvgIpc) is 2.47. The number of carbonyl (C=O) groups excluding carboxylic acids is 1. The smallest absolute Gasteiger partial charge is 0.253 e. The van der Waals surface area contributed by atoms with E-state index in [1.165, 1.54) is 5.56 Å². The van der Waals surface area contributed by atoms with Gasteiger partial charge in [-0.3, -0.25) is 4.79 Å². The van der Waals surface area contributed by atoms with E-state index in [-0.39, 0.29) is 11.9 Å². The molecule has 2 aromatic carbocycles. The van der Waals surface area contributed by atoms with E-state index >= 15 is 0 Å². The third kappa shape index (κ3) is 3.18. The molecule has 0 aliphatic carbocycles. The maximum Gasteiger partial charge on any atom is 0.253 e. The lowest BCUT2D eigenvalue weighted by Gasteiger charge is -2.16. The predicted molar refractivity (Wildman–Crippen MR) is 83.0 cm³/mol. The highest BCUT2D eigenvalue weighted by atomic mass is 16.1. The van der Waals surface area contributed by atoms with Crippen LogP contribution in [-0.2, 0) is 0 Å². The first kappa shape index (κ1) is 14.1. The zero-order valence-electron chi connectivity index (χ0n) is 12.1. The van der Waals surface area contributed by atoms with Gasteiger partial charge in [-0.05, 0) is 31.5 Å². The van der Waals surface area contributed by atoms with Crippen molar-refractivity contribution in [3.05, 3.63) is 65.2 Å². The van der Waals surface area contributed by atoms with Crippen LogP contribution in [0.5, 0.6) is 0 Å². The summed E-state index contributed by atoms with van der Waals surface area (Å²) < 4.78 is 0. The van der Waals surface area contributed by atoms with Gasteiger partial charge >= 0.3 is 0 Å². The SMILES string of the molecule is CNc1ccccc1C(=O)N[C@H](C)c1cccc(C)c1. The van der Waals surface area contributed by atoms with Crippen molar-refractivity contribution >= 4 is 11.6 Å². The summed E-state index contributed by atoms with van der Waals surface area (Å²) in [6.07, 6.45) is 0. The summed E-state index contributed by atoms with van der Waals surface area (Å²) in [6.45, 7) is 4.04. The lowest BCUT2D eigenvalue weighted by molar-refractivity contribution is 0.0940. The van der Waals surface area contributed by atoms with Gasteiger partial charge in [0.2, 0.25) is 0 Å². The van der Waals surface area contributed by atoms with Gasteiger partial charge in [-0.15, -0.1) is 0 Å². The molecule has 2 rings (SSSR count). The first-order valence-electron chi connectivity index (χ1n) is 6.76. The molecular weight excluding hydrogens is 248 g/mol. The van der Waals surface area contributed by atoms with Crippen LogP contribution in [0.15, 0.2) is 48.5 Å². The number of hydrogen-bond acceptors (Lipinski definition) is 2. The summed E-state index contributed by atoms with van der Waals surface area (Å²) >= 11 is 0. The van der Waals surface area contributed by atoms with E-state index in [9.17, 15) is 4.79 Å². The van der Waals surface area contributed by atoms with Gasteiger partial charge in [0, 0.05) is 12.7 Å². The van der Waals surface area contributed by atoms with Crippen LogP contribution in [0.25, 0.3) is 0 Å². The van der Waals surface area contributed by atoms with Gasteiger partial charge < -0.3 is 10.6 Å². The van der Waals surface area contributed by atoms with E-state index in [4.69, 9.17) is 0 Å². The number of aryl methyl sites for hydroxylation is 1. The van der Waals surface area contributed by atoms with Gasteiger partial charge in [-0.2, -0.15) is 0 Å². The van der Waals surface area contributed by atoms with E-state index < -0.39 is 0 Å². The molecule has 2 N–H and O–H groups in total. The molecule has 0 saturated heterocycles. The summed E-state index contributed by atoms with van der Waals surface area (Å²) in [6, 6.07) is 15.7. The zero-order chi connectivity index (χ0) is 14.5. The molecule has 2 aromatic rings. The van der Waals surface area contributed by atoms with E-state index in [0.717, 1.165) is 11.3 Å². The van der Waals surface area contributed by atoms with Crippen molar-refractivity contribution in [3.8, 4) is 0 Å². The van der Waals surface area contributed by atoms with Gasteiger partial charge in [0.1, 0.15) is 0 Å². The first-order chi connectivity index (χ1) is 9.61. The minimum absolute atomic E-state index is 0.0210. The number of rotatable bonds is 4. The van der Waals surface area contributed by atoms with Crippen molar-refractivity contribution in [2.75, 3.05) is 12.4 Å². The number of carbonyl (C=O) groups is 1. The molecule has 0 spiro atoms. The molecule has 3 heteroatoms. The van der Waals surface area contributed by atoms with Crippen molar-refractivity contribution in [2.45, 2.75) is 19.9 Å². The Morgan fingerprint density at radius 3 is 2.55 bits per heavy atom. The zero-order valence-corrected chi connectivity index (χ0v) is 12.1. The van der Waals surface area contributed by atoms with E-state index in [0.29, 0.717) is 5.56 Å². The fourth-order valence-corrected chi connectivity index (χ4v) is 2.20. The number of amides is 1. The second-order valence-electron chi connectivity index (χ2n) is 4.90. The molecule has 0 heterocycles. The van der Waals surface area contributed by atoms with Crippen molar-refractivity contribution in [3.63, 3.8) is 0 Å². The lowest BCUT2D eigenvalue weighted by atomic mass is 10.0. The van der Waals surface area contributed by atoms with Gasteiger partial charge in [0.25, 0.3) is 5.91 Å². The number of para-hydroxylation sites is 1. The normalized spacial score (nSPS) is 11.8. The molecule has 0 fully saturated rings. The highest BCUT2D eigenvalue weighted by Gasteiger charge is 2.13. The van der Waals surface area contributed by atoms with Gasteiger partial charge in [-0.25, -0.2) is 0 Å². The van der Waals surface area contributed by atoms with Crippen molar-refractivity contribution in [1.82, 2.24) is 5.32 Å². The first-order valence-corrected chi connectivity index (χ1v) is 6.76. The Balaban J connectivity index is 2.15. The van der Waals surface area contributed by atoms with Crippen LogP contribution in [0, 0.1) is 6.92 Å². The molecular formula is C17H20N2O. The summed E-state index contributed by atoms with van der Waals surface area (Å²) in [7, 11) is 1.82. The van der Waals surface area contributed by atoms with Crippen LogP contribution in [0.4, 0.5) is 5.69 Å². The quantitative estimate of drug-likeness (QED) is 0.890. The predicted octanol–water partition coefficient (Wildman–Crippen LogP) is 3.53. The highest BCUT2D eigenvalue weighted by molar-refractivity contribution is 5.99. The Morgan fingerprint density at radius 1 is 1.10 bits per heavy atom. The maximum absolute atomic E-state index is 12.3. The van der Waals surface area contributed by atoms with Gasteiger partial charge in [-0.1, -0.05) is 42.0 Å². The maximum atomic E-state index is 12.3. The molecule has 3 nitrogen and oxygen atoms in total. The Kier molecular flexibility index (Phi) is 4.41. The van der Waals surface area contributed by atoms with Crippen LogP contribution in [0.1, 0.15) is 34.5 Å². The number of anilines is 1. The van der Waals surface area contributed by atoms with Crippen LogP contribution in [0.2, 0.25) is 0 Å². The molecule has 20 heavy (non-hydrogen) atoms. The van der Waals surface area contributed by atoms with Gasteiger partial charge in [0.15, 0.2) is 0 Å². The molecule has 0 bridgehead atoms. The van der Waals surface area contributed by atoms with Crippen LogP contribution in [-0.4, -0.2) is 13.0 Å². The third-order valence-electron chi connectivity index (χ3n) is 3.33. The fourth-order valence-electron chi connectivity index (χ4n) is 2.20. The largest absolute Gasteiger partial charge is 0.387 e. The summed E-state index contributed by atoms with van der Waals surface area (Å²) in [5, 5.41) is 6.07. The van der Waals surface area contributed by atoms with Crippen LogP contribution < -0.4 is 10.6 Å². The third-order valence-corrected chi connectivity index (χ3v) is 3.33. The molecule has 0 unspecified atom stereocenters. The Morgan fingerprint density at radius 2 is 1.85 bits per heavy atom. The topological polar surface area (TPSA) is 41.1 Å². The van der Waals surface area contributed by atoms with Crippen LogP contribution in [0.3, 0.4) is 0 Å². The number of hydrogen-bond donors (Lipinski definition) is 2. The molecule has 0 aliphatic heterocycles. The molecule has 0 aliphatic rings. The summed E-state index contributed by atoms with van der Waals surface area (Å²) in [5.41, 5.74) is 3.80. The molecule has 0 radical (unpaired) electrons. The molecule has 0 aromatic heterocycles. The molecule has 1 amide bonds. The average molecular weight is 268 g/mol. The van der Waals surface area contributed by atoms with E-state index in [2.05, 4.69) is 16.7 Å². The second-order valence-corrected chi connectivity index (χ2v) is 4.90.